The Balaban J connectivity index is 2.12. The first kappa shape index (κ1) is 20.2. The van der Waals surface area contributed by atoms with Crippen LogP contribution in [0.15, 0.2) is 47.2 Å². The lowest BCUT2D eigenvalue weighted by atomic mass is 10.1. The molecule has 1 N–H and O–H groups in total. The predicted octanol–water partition coefficient (Wildman–Crippen LogP) is 4.21. The third-order valence-corrected chi connectivity index (χ3v) is 5.36. The number of amides is 2. The molecule has 0 fully saturated rings. The fraction of sp³-hybridized carbons (Fsp3) is 0.300. The lowest BCUT2D eigenvalue weighted by Crippen LogP contribution is -2.49. The molecule has 0 unspecified atom stereocenters. The number of carbonyl (C=O) groups is 2. The number of thiophene rings is 1. The van der Waals surface area contributed by atoms with Crippen LogP contribution < -0.4 is 10.2 Å². The van der Waals surface area contributed by atoms with E-state index in [0.717, 1.165) is 22.0 Å². The van der Waals surface area contributed by atoms with E-state index in [0.29, 0.717) is 5.69 Å². The maximum atomic E-state index is 13.4. The number of hydrogen-bond acceptors (Lipinski definition) is 6. The van der Waals surface area contributed by atoms with Gasteiger partial charge >= 0.3 is 0 Å². The minimum absolute atomic E-state index is 0.218. The van der Waals surface area contributed by atoms with E-state index in [4.69, 9.17) is 0 Å². The number of rotatable bonds is 5. The normalized spacial score (nSPS) is 12.4. The van der Waals surface area contributed by atoms with Crippen molar-refractivity contribution in [3.05, 3.63) is 63.3 Å². The fourth-order valence-electron chi connectivity index (χ4n) is 2.73. The zero-order valence-corrected chi connectivity index (χ0v) is 17.8. The quantitative estimate of drug-likeness (QED) is 0.679. The van der Waals surface area contributed by atoms with Crippen molar-refractivity contribution in [2.45, 2.75) is 39.3 Å². The highest BCUT2D eigenvalue weighted by molar-refractivity contribution is 7.10. The first-order valence-electron chi connectivity index (χ1n) is 8.79. The number of aromatic nitrogens is 2. The highest BCUT2D eigenvalue weighted by Gasteiger charge is 2.36. The SMILES string of the molecule is Cc1ccc(N(C(=O)c2csnn2)[C@@H](C(=O)NC(C)(C)C)c2cccs2)cc1. The summed E-state index contributed by atoms with van der Waals surface area (Å²) in [5.74, 6) is -0.605. The lowest BCUT2D eigenvalue weighted by Gasteiger charge is -2.32. The van der Waals surface area contributed by atoms with Crippen LogP contribution in [0.5, 0.6) is 0 Å². The van der Waals surface area contributed by atoms with Gasteiger partial charge in [-0.2, -0.15) is 0 Å². The third-order valence-electron chi connectivity index (χ3n) is 3.93. The Hall–Kier alpha value is -2.58. The van der Waals surface area contributed by atoms with Gasteiger partial charge in [-0.25, -0.2) is 0 Å². The molecule has 1 atom stereocenters. The maximum absolute atomic E-state index is 13.4. The van der Waals surface area contributed by atoms with Crippen LogP contribution in [0.3, 0.4) is 0 Å². The summed E-state index contributed by atoms with van der Waals surface area (Å²) in [5.41, 5.74) is 1.48. The van der Waals surface area contributed by atoms with E-state index in [2.05, 4.69) is 14.9 Å². The standard InChI is InChI=1S/C20H22N4O2S2/c1-13-7-9-14(10-8-13)24(19(26)15-12-28-23-22-15)17(16-6-5-11-27-16)18(25)21-20(2,3)4/h5-12,17H,1-4H3,(H,21,25)/t17-/m1/s1. The van der Waals surface area contributed by atoms with Crippen molar-refractivity contribution in [3.8, 4) is 0 Å². The van der Waals surface area contributed by atoms with Crippen molar-refractivity contribution in [1.82, 2.24) is 14.9 Å². The number of anilines is 1. The van der Waals surface area contributed by atoms with Gasteiger partial charge in [0, 0.05) is 21.5 Å². The number of hydrogen-bond donors (Lipinski definition) is 1. The minimum atomic E-state index is -0.809. The predicted molar refractivity (Wildman–Crippen MR) is 113 cm³/mol. The van der Waals surface area contributed by atoms with Crippen molar-refractivity contribution in [1.29, 1.82) is 0 Å². The molecule has 0 aliphatic rings. The second kappa shape index (κ2) is 8.20. The molecule has 6 nitrogen and oxygen atoms in total. The van der Waals surface area contributed by atoms with Gasteiger partial charge in [0.05, 0.1) is 0 Å². The Kier molecular flexibility index (Phi) is 5.90. The molecule has 1 aromatic carbocycles. The third kappa shape index (κ3) is 4.63. The summed E-state index contributed by atoms with van der Waals surface area (Å²) in [7, 11) is 0. The Labute approximate surface area is 172 Å². The largest absolute Gasteiger partial charge is 0.349 e. The lowest BCUT2D eigenvalue weighted by molar-refractivity contribution is -0.123. The van der Waals surface area contributed by atoms with Crippen molar-refractivity contribution >= 4 is 40.4 Å². The second-order valence-electron chi connectivity index (χ2n) is 7.46. The van der Waals surface area contributed by atoms with Gasteiger partial charge in [-0.1, -0.05) is 28.3 Å². The van der Waals surface area contributed by atoms with Gasteiger partial charge in [-0.3, -0.25) is 14.5 Å². The number of aryl methyl sites for hydroxylation is 1. The van der Waals surface area contributed by atoms with E-state index in [1.165, 1.54) is 16.2 Å². The van der Waals surface area contributed by atoms with Crippen molar-refractivity contribution in [2.75, 3.05) is 4.90 Å². The summed E-state index contributed by atoms with van der Waals surface area (Å²) < 4.78 is 3.81. The molecule has 0 saturated heterocycles. The van der Waals surface area contributed by atoms with Crippen LogP contribution in [-0.4, -0.2) is 26.9 Å². The molecule has 0 radical (unpaired) electrons. The van der Waals surface area contributed by atoms with E-state index >= 15 is 0 Å². The highest BCUT2D eigenvalue weighted by atomic mass is 32.1. The molecular formula is C20H22N4O2S2. The van der Waals surface area contributed by atoms with Crippen LogP contribution in [0.25, 0.3) is 0 Å². The maximum Gasteiger partial charge on any atom is 0.280 e. The summed E-state index contributed by atoms with van der Waals surface area (Å²) in [6.45, 7) is 7.72. The Morgan fingerprint density at radius 3 is 2.39 bits per heavy atom. The summed E-state index contributed by atoms with van der Waals surface area (Å²) in [4.78, 5) is 28.9. The van der Waals surface area contributed by atoms with E-state index in [1.54, 1.807) is 5.38 Å². The minimum Gasteiger partial charge on any atom is -0.349 e. The van der Waals surface area contributed by atoms with Gasteiger partial charge in [0.25, 0.3) is 5.91 Å². The Bertz CT molecular complexity index is 930. The second-order valence-corrected chi connectivity index (χ2v) is 9.05. The van der Waals surface area contributed by atoms with Crippen LogP contribution in [0.1, 0.15) is 47.7 Å². The molecule has 28 heavy (non-hydrogen) atoms. The summed E-state index contributed by atoms with van der Waals surface area (Å²) in [6, 6.07) is 10.5. The van der Waals surface area contributed by atoms with Gasteiger partial charge in [0.15, 0.2) is 11.7 Å². The molecule has 2 heterocycles. The molecule has 146 valence electrons. The average Bonchev–Trinajstić information content (AvgIpc) is 3.32. The molecule has 3 aromatic rings. The summed E-state index contributed by atoms with van der Waals surface area (Å²) >= 11 is 2.54. The van der Waals surface area contributed by atoms with Crippen molar-refractivity contribution < 1.29 is 9.59 Å². The fourth-order valence-corrected chi connectivity index (χ4v) is 3.97. The molecule has 0 bridgehead atoms. The zero-order valence-electron chi connectivity index (χ0n) is 16.2. The molecule has 0 aliphatic heterocycles. The highest BCUT2D eigenvalue weighted by Crippen LogP contribution is 2.32. The van der Waals surface area contributed by atoms with Crippen LogP contribution in [0.2, 0.25) is 0 Å². The molecular weight excluding hydrogens is 392 g/mol. The first-order chi connectivity index (χ1) is 13.3. The van der Waals surface area contributed by atoms with Gasteiger partial charge in [0.1, 0.15) is 0 Å². The zero-order chi connectivity index (χ0) is 20.3. The summed E-state index contributed by atoms with van der Waals surface area (Å²) in [6.07, 6.45) is 0. The molecule has 3 rings (SSSR count). The first-order valence-corrected chi connectivity index (χ1v) is 10.5. The van der Waals surface area contributed by atoms with E-state index in [1.807, 2.05) is 69.5 Å². The van der Waals surface area contributed by atoms with Crippen molar-refractivity contribution in [2.24, 2.45) is 0 Å². The van der Waals surface area contributed by atoms with E-state index < -0.39 is 11.6 Å². The van der Waals surface area contributed by atoms with Gasteiger partial charge in [-0.15, -0.1) is 16.4 Å². The van der Waals surface area contributed by atoms with Crippen molar-refractivity contribution in [3.63, 3.8) is 0 Å². The Morgan fingerprint density at radius 1 is 1.14 bits per heavy atom. The molecule has 2 amide bonds. The number of benzene rings is 1. The monoisotopic (exact) mass is 414 g/mol. The number of nitrogens with zero attached hydrogens (tertiary/aromatic N) is 3. The van der Waals surface area contributed by atoms with Crippen LogP contribution in [-0.2, 0) is 4.79 Å². The molecule has 2 aromatic heterocycles. The number of nitrogens with one attached hydrogen (secondary N) is 1. The molecule has 0 spiro atoms. The smallest absolute Gasteiger partial charge is 0.280 e. The topological polar surface area (TPSA) is 75.2 Å². The van der Waals surface area contributed by atoms with E-state index in [9.17, 15) is 9.59 Å². The molecule has 8 heteroatoms. The Morgan fingerprint density at radius 2 is 1.86 bits per heavy atom. The van der Waals surface area contributed by atoms with Gasteiger partial charge in [0.2, 0.25) is 5.91 Å². The average molecular weight is 415 g/mol. The van der Waals surface area contributed by atoms with Gasteiger partial charge < -0.3 is 5.32 Å². The molecule has 0 saturated carbocycles. The van der Waals surface area contributed by atoms with Crippen LogP contribution in [0.4, 0.5) is 5.69 Å². The van der Waals surface area contributed by atoms with Crippen LogP contribution >= 0.6 is 22.9 Å². The van der Waals surface area contributed by atoms with Gasteiger partial charge in [-0.05, 0) is 62.8 Å². The summed E-state index contributed by atoms with van der Waals surface area (Å²) in [5, 5.41) is 10.4. The molecule has 0 aliphatic carbocycles. The number of carbonyl (C=O) groups excluding carboxylic acids is 2. The van der Waals surface area contributed by atoms with Crippen LogP contribution in [0, 0.1) is 6.92 Å². The van der Waals surface area contributed by atoms with E-state index in [-0.39, 0.29) is 17.5 Å².